The van der Waals surface area contributed by atoms with Gasteiger partial charge in [-0.2, -0.15) is 0 Å². The molecule has 2 rings (SSSR count). The number of fused-ring (bicyclic) bond motifs is 1. The molecule has 1 aliphatic rings. The van der Waals surface area contributed by atoms with E-state index in [0.717, 1.165) is 50.7 Å². The maximum Gasteiger partial charge on any atom is 0.217 e. The minimum Gasteiger partial charge on any atom is -0.346 e. The lowest BCUT2D eigenvalue weighted by Gasteiger charge is -2.21. The van der Waals surface area contributed by atoms with Crippen LogP contribution < -0.4 is 5.32 Å². The smallest absolute Gasteiger partial charge is 0.217 e. The summed E-state index contributed by atoms with van der Waals surface area (Å²) in [5, 5.41) is 11.9. The molecule has 0 fully saturated rings. The fraction of sp³-hybridized carbons (Fsp3) is 0.737. The number of amides is 1. The van der Waals surface area contributed by atoms with Gasteiger partial charge in [-0.1, -0.05) is 39.8 Å². The van der Waals surface area contributed by atoms with Crippen LogP contribution >= 0.6 is 0 Å². The minimum absolute atomic E-state index is 0.0166. The highest BCUT2D eigenvalue weighted by molar-refractivity contribution is 5.73. The lowest BCUT2D eigenvalue weighted by molar-refractivity contribution is -0.119. The maximum absolute atomic E-state index is 11.6. The van der Waals surface area contributed by atoms with Gasteiger partial charge < -0.3 is 9.88 Å². The van der Waals surface area contributed by atoms with Crippen LogP contribution in [0, 0.1) is 11.8 Å². The molecule has 0 saturated heterocycles. The number of rotatable bonds is 7. The third kappa shape index (κ3) is 5.96. The Hall–Kier alpha value is -1.69. The monoisotopic (exact) mass is 347 g/mol. The zero-order chi connectivity index (χ0) is 18.4. The summed E-state index contributed by atoms with van der Waals surface area (Å²) in [6, 6.07) is -0.0638. The van der Waals surface area contributed by atoms with Crippen LogP contribution in [0.2, 0.25) is 0 Å². The number of aromatic nitrogens is 3. The molecule has 1 atom stereocenters. The normalized spacial score (nSPS) is 17.1. The van der Waals surface area contributed by atoms with Crippen molar-refractivity contribution in [2.75, 3.05) is 19.6 Å². The van der Waals surface area contributed by atoms with E-state index in [1.54, 1.807) is 6.92 Å². The summed E-state index contributed by atoms with van der Waals surface area (Å²) in [5.74, 6) is 2.99. The van der Waals surface area contributed by atoms with E-state index in [1.165, 1.54) is 0 Å². The Kier molecular flexibility index (Phi) is 7.17. The number of hydrogen-bond donors (Lipinski definition) is 1. The topological polar surface area (TPSA) is 63.1 Å². The van der Waals surface area contributed by atoms with Gasteiger partial charge in [0.25, 0.3) is 0 Å². The standard InChI is InChI=1S/C19H33N5O/c1-14(2)7-6-9-23-10-8-18-21-22-19(24(18)12-11-23)17(13-15(3)4)20-16(5)25/h6-7,14-15,17H,8-13H2,1-5H3,(H,20,25)/b7-6+. The second-order valence-corrected chi connectivity index (χ2v) is 7.73. The predicted octanol–water partition coefficient (Wildman–Crippen LogP) is 2.57. The van der Waals surface area contributed by atoms with Crippen molar-refractivity contribution in [3.63, 3.8) is 0 Å². The van der Waals surface area contributed by atoms with E-state index in [2.05, 4.69) is 64.8 Å². The van der Waals surface area contributed by atoms with Gasteiger partial charge in [-0.15, -0.1) is 10.2 Å². The summed E-state index contributed by atoms with van der Waals surface area (Å²) in [6.07, 6.45) is 6.29. The van der Waals surface area contributed by atoms with Gasteiger partial charge >= 0.3 is 0 Å². The van der Waals surface area contributed by atoms with E-state index in [0.29, 0.717) is 11.8 Å². The zero-order valence-corrected chi connectivity index (χ0v) is 16.3. The number of carbonyl (C=O) groups is 1. The van der Waals surface area contributed by atoms with Crippen LogP contribution in [0.1, 0.15) is 58.7 Å². The van der Waals surface area contributed by atoms with Crippen LogP contribution in [0.3, 0.4) is 0 Å². The summed E-state index contributed by atoms with van der Waals surface area (Å²) < 4.78 is 2.22. The van der Waals surface area contributed by atoms with Crippen LogP contribution in [-0.2, 0) is 17.8 Å². The van der Waals surface area contributed by atoms with E-state index in [-0.39, 0.29) is 11.9 Å². The van der Waals surface area contributed by atoms with Crippen LogP contribution in [0.15, 0.2) is 12.2 Å². The third-order valence-corrected chi connectivity index (χ3v) is 4.43. The first kappa shape index (κ1) is 19.6. The van der Waals surface area contributed by atoms with Gasteiger partial charge in [0.1, 0.15) is 5.82 Å². The van der Waals surface area contributed by atoms with Crippen molar-refractivity contribution in [1.29, 1.82) is 0 Å². The number of nitrogens with zero attached hydrogens (tertiary/aromatic N) is 4. The number of carbonyl (C=O) groups excluding carboxylic acids is 1. The second-order valence-electron chi connectivity index (χ2n) is 7.73. The average molecular weight is 348 g/mol. The second kappa shape index (κ2) is 9.13. The molecule has 0 radical (unpaired) electrons. The van der Waals surface area contributed by atoms with E-state index in [9.17, 15) is 4.79 Å². The molecule has 0 aromatic carbocycles. The summed E-state index contributed by atoms with van der Waals surface area (Å²) >= 11 is 0. The van der Waals surface area contributed by atoms with Crippen LogP contribution in [0.4, 0.5) is 0 Å². The first-order valence-electron chi connectivity index (χ1n) is 9.45. The average Bonchev–Trinajstić information content (AvgIpc) is 2.80. The Morgan fingerprint density at radius 1 is 1.20 bits per heavy atom. The number of hydrogen-bond acceptors (Lipinski definition) is 4. The van der Waals surface area contributed by atoms with E-state index in [1.807, 2.05) is 0 Å². The molecule has 1 amide bonds. The minimum atomic E-state index is -0.0638. The number of nitrogens with one attached hydrogen (secondary N) is 1. The Morgan fingerprint density at radius 2 is 1.96 bits per heavy atom. The molecule has 6 nitrogen and oxygen atoms in total. The molecule has 0 saturated carbocycles. The maximum atomic E-state index is 11.6. The summed E-state index contributed by atoms with van der Waals surface area (Å²) in [5.41, 5.74) is 0. The van der Waals surface area contributed by atoms with Crippen molar-refractivity contribution in [1.82, 2.24) is 25.0 Å². The summed E-state index contributed by atoms with van der Waals surface area (Å²) in [7, 11) is 0. The fourth-order valence-corrected chi connectivity index (χ4v) is 3.26. The van der Waals surface area contributed by atoms with Gasteiger partial charge in [0.15, 0.2) is 5.82 Å². The molecule has 1 N–H and O–H groups in total. The molecule has 1 aromatic rings. The summed E-state index contributed by atoms with van der Waals surface area (Å²) in [4.78, 5) is 14.1. The zero-order valence-electron chi connectivity index (χ0n) is 16.3. The molecule has 0 aliphatic carbocycles. The quantitative estimate of drug-likeness (QED) is 0.770. The van der Waals surface area contributed by atoms with Gasteiger partial charge in [0.2, 0.25) is 5.91 Å². The fourth-order valence-electron chi connectivity index (χ4n) is 3.26. The largest absolute Gasteiger partial charge is 0.346 e. The molecule has 1 aliphatic heterocycles. The molecule has 0 spiro atoms. The van der Waals surface area contributed by atoms with Crippen molar-refractivity contribution in [3.8, 4) is 0 Å². The van der Waals surface area contributed by atoms with Crippen molar-refractivity contribution in [2.45, 2.75) is 60.0 Å². The molecule has 2 heterocycles. The molecule has 25 heavy (non-hydrogen) atoms. The van der Waals surface area contributed by atoms with Gasteiger partial charge in [-0.3, -0.25) is 9.69 Å². The molecule has 0 bridgehead atoms. The molecular formula is C19H33N5O. The van der Waals surface area contributed by atoms with E-state index >= 15 is 0 Å². The van der Waals surface area contributed by atoms with Gasteiger partial charge in [0.05, 0.1) is 6.04 Å². The SMILES string of the molecule is CC(=O)NC(CC(C)C)c1nnc2n1CCN(C/C=C/C(C)C)CC2. The van der Waals surface area contributed by atoms with Gasteiger partial charge in [-0.25, -0.2) is 0 Å². The van der Waals surface area contributed by atoms with Crippen LogP contribution in [-0.4, -0.2) is 45.2 Å². The van der Waals surface area contributed by atoms with Crippen molar-refractivity contribution >= 4 is 5.91 Å². The van der Waals surface area contributed by atoms with Gasteiger partial charge in [0, 0.05) is 39.5 Å². The molecule has 140 valence electrons. The first-order valence-corrected chi connectivity index (χ1v) is 9.45. The Bertz CT molecular complexity index is 591. The lowest BCUT2D eigenvalue weighted by Crippen LogP contribution is -2.31. The van der Waals surface area contributed by atoms with Crippen molar-refractivity contribution in [3.05, 3.63) is 23.8 Å². The Balaban J connectivity index is 2.09. The van der Waals surface area contributed by atoms with E-state index in [4.69, 9.17) is 0 Å². The third-order valence-electron chi connectivity index (χ3n) is 4.43. The lowest BCUT2D eigenvalue weighted by atomic mass is 10.0. The molecular weight excluding hydrogens is 314 g/mol. The van der Waals surface area contributed by atoms with Crippen molar-refractivity contribution in [2.24, 2.45) is 11.8 Å². The Labute approximate surface area is 151 Å². The molecule has 6 heteroatoms. The first-order chi connectivity index (χ1) is 11.9. The molecule has 1 aromatic heterocycles. The highest BCUT2D eigenvalue weighted by Crippen LogP contribution is 2.22. The Morgan fingerprint density at radius 3 is 2.60 bits per heavy atom. The van der Waals surface area contributed by atoms with Gasteiger partial charge in [-0.05, 0) is 18.3 Å². The highest BCUT2D eigenvalue weighted by Gasteiger charge is 2.25. The summed E-state index contributed by atoms with van der Waals surface area (Å²) in [6.45, 7) is 14.1. The van der Waals surface area contributed by atoms with Crippen molar-refractivity contribution < 1.29 is 4.79 Å². The van der Waals surface area contributed by atoms with Crippen LogP contribution in [0.5, 0.6) is 0 Å². The van der Waals surface area contributed by atoms with E-state index < -0.39 is 0 Å². The molecule has 1 unspecified atom stereocenters. The highest BCUT2D eigenvalue weighted by atomic mass is 16.1. The number of allylic oxidation sites excluding steroid dienone is 1. The van der Waals surface area contributed by atoms with Crippen LogP contribution in [0.25, 0.3) is 0 Å². The predicted molar refractivity (Wildman–Crippen MR) is 100 cm³/mol.